The molecule has 2 amide bonds. The first-order valence-corrected chi connectivity index (χ1v) is 11.5. The summed E-state index contributed by atoms with van der Waals surface area (Å²) < 4.78 is 2.02. The van der Waals surface area contributed by atoms with Gasteiger partial charge in [-0.05, 0) is 38.1 Å². The number of nitrogens with zero attached hydrogens (tertiary/aromatic N) is 5. The van der Waals surface area contributed by atoms with Crippen molar-refractivity contribution in [3.05, 3.63) is 30.5 Å². The molecule has 8 nitrogen and oxygen atoms in total. The van der Waals surface area contributed by atoms with Crippen LogP contribution in [-0.2, 0) is 11.3 Å². The average Bonchev–Trinajstić information content (AvgIpc) is 3.22. The summed E-state index contributed by atoms with van der Waals surface area (Å²) in [6.45, 7) is 5.58. The zero-order valence-corrected chi connectivity index (χ0v) is 19.5. The second-order valence-electron chi connectivity index (χ2n) is 9.23. The Hall–Kier alpha value is -2.35. The lowest BCUT2D eigenvalue weighted by molar-refractivity contribution is -0.119. The highest BCUT2D eigenvalue weighted by Gasteiger charge is 2.41. The van der Waals surface area contributed by atoms with Gasteiger partial charge < -0.3 is 19.7 Å². The molecule has 1 aromatic heterocycles. The number of amides is 2. The molecule has 2 fully saturated rings. The van der Waals surface area contributed by atoms with E-state index in [0.29, 0.717) is 24.9 Å². The zero-order valence-electron chi connectivity index (χ0n) is 19.5. The molecule has 1 aromatic rings. The number of urea groups is 1. The van der Waals surface area contributed by atoms with Crippen LogP contribution in [0.5, 0.6) is 0 Å². The Morgan fingerprint density at radius 1 is 1.29 bits per heavy atom. The van der Waals surface area contributed by atoms with Gasteiger partial charge in [-0.1, -0.05) is 6.92 Å². The lowest BCUT2D eigenvalue weighted by atomic mass is 9.74. The second-order valence-corrected chi connectivity index (χ2v) is 9.23. The third-order valence-corrected chi connectivity index (χ3v) is 6.36. The Morgan fingerprint density at radius 2 is 2.10 bits per heavy atom. The molecule has 8 heteroatoms. The van der Waals surface area contributed by atoms with E-state index in [1.54, 1.807) is 17.4 Å². The van der Waals surface area contributed by atoms with Gasteiger partial charge in [0.1, 0.15) is 0 Å². The third kappa shape index (κ3) is 6.32. The van der Waals surface area contributed by atoms with Crippen LogP contribution in [0.3, 0.4) is 0 Å². The van der Waals surface area contributed by atoms with Crippen LogP contribution in [0.1, 0.15) is 39.0 Å². The summed E-state index contributed by atoms with van der Waals surface area (Å²) in [6, 6.07) is 0.453. The molecular formula is C23H38N6O2. The highest BCUT2D eigenvalue weighted by molar-refractivity contribution is 5.96. The number of hydrogen-bond donors (Lipinski definition) is 1. The number of hydrogen-bond acceptors (Lipinski definition) is 5. The molecule has 31 heavy (non-hydrogen) atoms. The maximum atomic E-state index is 12.8. The number of carbonyl (C=O) groups is 2. The first kappa shape index (κ1) is 23.3. The van der Waals surface area contributed by atoms with Crippen molar-refractivity contribution in [2.45, 2.75) is 57.7 Å². The van der Waals surface area contributed by atoms with Crippen LogP contribution >= 0.6 is 0 Å². The topological polar surface area (TPSA) is 73.7 Å². The molecule has 0 bridgehead atoms. The lowest BCUT2D eigenvalue weighted by Gasteiger charge is -2.47. The number of rotatable bonds is 8. The number of likely N-dealkylation sites (tertiary alicyclic amines) is 1. The standard InChI is InChI=1S/C23H38N6O2/c1-5-8-29-16-20(12-18-14-22(30)19(13-21(18)29)15-26(2)3)25-23(31)27(4)9-6-10-28-11-7-24-17-28/h7,11,15,17-18,20-21H,5-6,8-10,12-14,16H2,1-4H3,(H,25,31)/t18-,20+,21-/m1/s1. The SMILES string of the molecule is CCCN1C[C@@H](NC(=O)N(C)CCCn2ccnc2)C[C@@H]2CC(=O)C(=CN(C)C)C[C@H]21. The molecule has 0 aromatic carbocycles. The summed E-state index contributed by atoms with van der Waals surface area (Å²) in [7, 11) is 5.78. The zero-order chi connectivity index (χ0) is 22.4. The number of aromatic nitrogens is 2. The average molecular weight is 431 g/mol. The molecule has 0 unspecified atom stereocenters. The van der Waals surface area contributed by atoms with Gasteiger partial charge in [0.25, 0.3) is 0 Å². The molecule has 3 atom stereocenters. The van der Waals surface area contributed by atoms with E-state index in [9.17, 15) is 9.59 Å². The van der Waals surface area contributed by atoms with Crippen LogP contribution in [-0.4, -0.2) is 88.9 Å². The summed E-state index contributed by atoms with van der Waals surface area (Å²) in [6.07, 6.45) is 11.7. The minimum absolute atomic E-state index is 0.0270. The van der Waals surface area contributed by atoms with Crippen molar-refractivity contribution in [2.75, 3.05) is 40.8 Å². The van der Waals surface area contributed by atoms with E-state index in [4.69, 9.17) is 0 Å². The molecular weight excluding hydrogens is 392 g/mol. The molecule has 1 aliphatic carbocycles. The van der Waals surface area contributed by atoms with E-state index < -0.39 is 0 Å². The predicted molar refractivity (Wildman–Crippen MR) is 122 cm³/mol. The number of carbonyl (C=O) groups excluding carboxylic acids is 2. The Morgan fingerprint density at radius 3 is 2.77 bits per heavy atom. The molecule has 3 rings (SSSR count). The maximum Gasteiger partial charge on any atom is 0.317 e. The summed E-state index contributed by atoms with van der Waals surface area (Å²) in [5.74, 6) is 0.568. The van der Waals surface area contributed by atoms with Gasteiger partial charge in [0.05, 0.1) is 6.33 Å². The van der Waals surface area contributed by atoms with E-state index in [2.05, 4.69) is 22.1 Å². The molecule has 2 heterocycles. The van der Waals surface area contributed by atoms with Crippen LogP contribution in [0, 0.1) is 5.92 Å². The van der Waals surface area contributed by atoms with Crippen LogP contribution in [0.25, 0.3) is 0 Å². The van der Waals surface area contributed by atoms with Crippen molar-refractivity contribution in [1.29, 1.82) is 0 Å². The number of fused-ring (bicyclic) bond motifs is 1. The van der Waals surface area contributed by atoms with Crippen LogP contribution in [0.4, 0.5) is 4.79 Å². The molecule has 0 spiro atoms. The fraction of sp³-hybridized carbons (Fsp3) is 0.696. The van der Waals surface area contributed by atoms with E-state index in [0.717, 1.165) is 50.9 Å². The van der Waals surface area contributed by atoms with Gasteiger partial charge in [-0.25, -0.2) is 9.78 Å². The van der Waals surface area contributed by atoms with Crippen LogP contribution in [0.2, 0.25) is 0 Å². The predicted octanol–water partition coefficient (Wildman–Crippen LogP) is 2.19. The quantitative estimate of drug-likeness (QED) is 0.640. The first-order chi connectivity index (χ1) is 14.9. The molecule has 1 N–H and O–H groups in total. The number of aryl methyl sites for hydroxylation is 1. The Bertz CT molecular complexity index is 760. The molecule has 1 aliphatic heterocycles. The van der Waals surface area contributed by atoms with Crippen molar-refractivity contribution in [3.8, 4) is 0 Å². The fourth-order valence-corrected chi connectivity index (χ4v) is 4.92. The first-order valence-electron chi connectivity index (χ1n) is 11.5. The number of ketones is 1. The van der Waals surface area contributed by atoms with Gasteiger partial charge in [-0.3, -0.25) is 9.69 Å². The number of imidazole rings is 1. The summed E-state index contributed by atoms with van der Waals surface area (Å²) in [4.78, 5) is 35.7. The molecule has 0 radical (unpaired) electrons. The highest BCUT2D eigenvalue weighted by atomic mass is 16.2. The van der Waals surface area contributed by atoms with Gasteiger partial charge in [0.2, 0.25) is 0 Å². The van der Waals surface area contributed by atoms with Gasteiger partial charge in [0.15, 0.2) is 5.78 Å². The summed E-state index contributed by atoms with van der Waals surface area (Å²) in [5.41, 5.74) is 0.937. The summed E-state index contributed by atoms with van der Waals surface area (Å²) >= 11 is 0. The smallest absolute Gasteiger partial charge is 0.317 e. The van der Waals surface area contributed by atoms with Gasteiger partial charge >= 0.3 is 6.03 Å². The number of piperidine rings is 1. The molecule has 2 aliphatic rings. The van der Waals surface area contributed by atoms with Crippen molar-refractivity contribution in [1.82, 2.24) is 29.6 Å². The van der Waals surface area contributed by atoms with Crippen molar-refractivity contribution in [2.24, 2.45) is 5.92 Å². The molecule has 1 saturated heterocycles. The second kappa shape index (κ2) is 10.8. The van der Waals surface area contributed by atoms with Gasteiger partial charge in [0, 0.05) is 83.4 Å². The highest BCUT2D eigenvalue weighted by Crippen LogP contribution is 2.36. The minimum atomic E-state index is -0.0270. The Balaban J connectivity index is 1.55. The summed E-state index contributed by atoms with van der Waals surface area (Å²) in [5, 5.41) is 3.23. The maximum absolute atomic E-state index is 12.8. The Labute approximate surface area is 186 Å². The molecule has 1 saturated carbocycles. The normalized spacial score (nSPS) is 25.4. The van der Waals surface area contributed by atoms with E-state index in [1.807, 2.05) is 43.0 Å². The Kier molecular flexibility index (Phi) is 8.12. The largest absolute Gasteiger partial charge is 0.383 e. The third-order valence-electron chi connectivity index (χ3n) is 6.36. The van der Waals surface area contributed by atoms with Crippen molar-refractivity contribution in [3.63, 3.8) is 0 Å². The number of Topliss-reactive ketones (excluding diaryl/α,β-unsaturated/α-hetero) is 1. The lowest BCUT2D eigenvalue weighted by Crippen LogP contribution is -2.58. The van der Waals surface area contributed by atoms with Gasteiger partial charge in [-0.2, -0.15) is 0 Å². The van der Waals surface area contributed by atoms with E-state index in [1.165, 1.54) is 0 Å². The van der Waals surface area contributed by atoms with Crippen LogP contribution < -0.4 is 5.32 Å². The number of nitrogens with one attached hydrogen (secondary N) is 1. The monoisotopic (exact) mass is 430 g/mol. The van der Waals surface area contributed by atoms with Crippen LogP contribution in [0.15, 0.2) is 30.5 Å². The van der Waals surface area contributed by atoms with E-state index in [-0.39, 0.29) is 17.9 Å². The van der Waals surface area contributed by atoms with Crippen molar-refractivity contribution >= 4 is 11.8 Å². The minimum Gasteiger partial charge on any atom is -0.383 e. The van der Waals surface area contributed by atoms with E-state index >= 15 is 0 Å². The molecule has 172 valence electrons. The van der Waals surface area contributed by atoms with Gasteiger partial charge in [-0.15, -0.1) is 0 Å². The van der Waals surface area contributed by atoms with Crippen molar-refractivity contribution < 1.29 is 9.59 Å². The fourth-order valence-electron chi connectivity index (χ4n) is 4.92.